The first-order valence-electron chi connectivity index (χ1n) is 7.90. The van der Waals surface area contributed by atoms with Gasteiger partial charge in [0.2, 0.25) is 0 Å². The zero-order valence-corrected chi connectivity index (χ0v) is 12.7. The monoisotopic (exact) mass is 310 g/mol. The second-order valence-electron chi connectivity index (χ2n) is 6.08. The van der Waals surface area contributed by atoms with Crippen LogP contribution < -0.4 is 5.32 Å². The largest absolute Gasteiger partial charge is 0.361 e. The highest BCUT2D eigenvalue weighted by Crippen LogP contribution is 2.35. The van der Waals surface area contributed by atoms with Crippen LogP contribution in [0.2, 0.25) is 0 Å². The fourth-order valence-corrected chi connectivity index (χ4v) is 3.43. The molecule has 1 aromatic carbocycles. The van der Waals surface area contributed by atoms with Gasteiger partial charge >= 0.3 is 0 Å². The summed E-state index contributed by atoms with van der Waals surface area (Å²) in [6, 6.07) is 7.87. The minimum Gasteiger partial charge on any atom is -0.361 e. The lowest BCUT2D eigenvalue weighted by Gasteiger charge is -2.35. The van der Waals surface area contributed by atoms with E-state index >= 15 is 0 Å². The molecule has 4 rings (SSSR count). The number of tetrazole rings is 1. The van der Waals surface area contributed by atoms with E-state index in [4.69, 9.17) is 0 Å². The summed E-state index contributed by atoms with van der Waals surface area (Å²) < 4.78 is 1.62. The van der Waals surface area contributed by atoms with Gasteiger partial charge in [0.05, 0.1) is 0 Å². The van der Waals surface area contributed by atoms with Crippen LogP contribution >= 0.6 is 0 Å². The van der Waals surface area contributed by atoms with E-state index in [0.29, 0.717) is 0 Å². The van der Waals surface area contributed by atoms with Crippen molar-refractivity contribution in [3.05, 3.63) is 36.8 Å². The number of nitrogens with zero attached hydrogens (tertiary/aromatic N) is 4. The Balaban J connectivity index is 1.64. The van der Waals surface area contributed by atoms with E-state index in [1.807, 2.05) is 30.5 Å². The number of hydrogen-bond donors (Lipinski definition) is 2. The molecule has 0 bridgehead atoms. The zero-order valence-electron chi connectivity index (χ0n) is 12.7. The van der Waals surface area contributed by atoms with Gasteiger partial charge in [-0.25, -0.2) is 4.68 Å². The van der Waals surface area contributed by atoms with Crippen molar-refractivity contribution in [3.63, 3.8) is 0 Å². The van der Waals surface area contributed by atoms with Crippen molar-refractivity contribution in [1.82, 2.24) is 25.2 Å². The molecule has 3 aromatic rings. The fraction of sp³-hybridized carbons (Fsp3) is 0.375. The summed E-state index contributed by atoms with van der Waals surface area (Å²) in [6.07, 6.45) is 8.10. The second kappa shape index (κ2) is 5.49. The summed E-state index contributed by atoms with van der Waals surface area (Å²) >= 11 is 0. The minimum absolute atomic E-state index is 0.0459. The molecule has 2 aromatic heterocycles. The molecule has 7 heteroatoms. The van der Waals surface area contributed by atoms with Crippen LogP contribution in [0.15, 0.2) is 36.8 Å². The molecule has 1 amide bonds. The smallest absolute Gasteiger partial charge is 0.252 e. The van der Waals surface area contributed by atoms with Gasteiger partial charge in [-0.3, -0.25) is 4.79 Å². The first-order chi connectivity index (χ1) is 11.3. The lowest BCUT2D eigenvalue weighted by atomic mass is 9.81. The Labute approximate surface area is 133 Å². The SMILES string of the molecule is O=C(Nc1ccc2cc[nH]c2c1)C1(n2cnnn2)CCCCC1. The summed E-state index contributed by atoms with van der Waals surface area (Å²) in [5.41, 5.74) is 1.10. The van der Waals surface area contributed by atoms with Crippen LogP contribution in [0.5, 0.6) is 0 Å². The number of amides is 1. The van der Waals surface area contributed by atoms with Crippen LogP contribution in [0, 0.1) is 0 Å². The van der Waals surface area contributed by atoms with E-state index in [9.17, 15) is 4.79 Å². The van der Waals surface area contributed by atoms with Crippen molar-refractivity contribution < 1.29 is 4.79 Å². The quantitative estimate of drug-likeness (QED) is 0.777. The Morgan fingerprint density at radius 1 is 1.22 bits per heavy atom. The van der Waals surface area contributed by atoms with E-state index < -0.39 is 5.54 Å². The highest BCUT2D eigenvalue weighted by atomic mass is 16.2. The second-order valence-corrected chi connectivity index (χ2v) is 6.08. The normalized spacial score (nSPS) is 17.2. The molecule has 0 saturated heterocycles. The molecule has 0 radical (unpaired) electrons. The van der Waals surface area contributed by atoms with Gasteiger partial charge in [0.15, 0.2) is 0 Å². The maximum Gasteiger partial charge on any atom is 0.252 e. The molecule has 0 spiro atoms. The van der Waals surface area contributed by atoms with Gasteiger partial charge in [-0.1, -0.05) is 25.3 Å². The molecule has 2 heterocycles. The van der Waals surface area contributed by atoms with Gasteiger partial charge in [0, 0.05) is 17.4 Å². The van der Waals surface area contributed by atoms with E-state index in [-0.39, 0.29) is 5.91 Å². The van der Waals surface area contributed by atoms with Gasteiger partial charge < -0.3 is 10.3 Å². The minimum atomic E-state index is -0.688. The molecule has 0 unspecified atom stereocenters. The standard InChI is InChI=1S/C16H18N6O/c23-15(19-13-5-4-12-6-9-17-14(12)10-13)16(7-2-1-3-8-16)22-11-18-20-21-22/h4-6,9-11,17H,1-3,7-8H2,(H,19,23). The highest BCUT2D eigenvalue weighted by molar-refractivity contribution is 5.98. The van der Waals surface area contributed by atoms with Gasteiger partial charge in [-0.05, 0) is 46.9 Å². The number of anilines is 1. The summed E-state index contributed by atoms with van der Waals surface area (Å²) in [5.74, 6) is -0.0459. The third-order valence-corrected chi connectivity index (χ3v) is 4.70. The average Bonchev–Trinajstić information content (AvgIpc) is 3.27. The number of hydrogen-bond acceptors (Lipinski definition) is 4. The van der Waals surface area contributed by atoms with Crippen molar-refractivity contribution >= 4 is 22.5 Å². The molecule has 7 nitrogen and oxygen atoms in total. The number of benzene rings is 1. The molecular formula is C16H18N6O. The van der Waals surface area contributed by atoms with Crippen LogP contribution in [-0.4, -0.2) is 31.1 Å². The Bertz CT molecular complexity index is 816. The molecule has 2 N–H and O–H groups in total. The number of aromatic nitrogens is 5. The molecule has 0 atom stereocenters. The van der Waals surface area contributed by atoms with Crippen molar-refractivity contribution in [1.29, 1.82) is 0 Å². The number of rotatable bonds is 3. The van der Waals surface area contributed by atoms with Crippen LogP contribution in [0.25, 0.3) is 10.9 Å². The highest BCUT2D eigenvalue weighted by Gasteiger charge is 2.42. The zero-order chi connectivity index (χ0) is 15.7. The van der Waals surface area contributed by atoms with Crippen LogP contribution in [-0.2, 0) is 10.3 Å². The number of nitrogens with one attached hydrogen (secondary N) is 2. The Kier molecular flexibility index (Phi) is 3.33. The first-order valence-corrected chi connectivity index (χ1v) is 7.90. The lowest BCUT2D eigenvalue weighted by molar-refractivity contribution is -0.126. The van der Waals surface area contributed by atoms with E-state index in [1.54, 1.807) is 11.0 Å². The molecular weight excluding hydrogens is 292 g/mol. The lowest BCUT2D eigenvalue weighted by Crippen LogP contribution is -2.47. The maximum absolute atomic E-state index is 13.0. The molecule has 0 aliphatic heterocycles. The summed E-state index contributed by atoms with van der Waals surface area (Å²) in [6.45, 7) is 0. The van der Waals surface area contributed by atoms with Crippen LogP contribution in [0.4, 0.5) is 5.69 Å². The number of H-pyrrole nitrogens is 1. The Morgan fingerprint density at radius 2 is 2.09 bits per heavy atom. The number of fused-ring (bicyclic) bond motifs is 1. The van der Waals surface area contributed by atoms with Gasteiger partial charge in [0.1, 0.15) is 11.9 Å². The van der Waals surface area contributed by atoms with Crippen molar-refractivity contribution in [2.45, 2.75) is 37.6 Å². The summed E-state index contributed by atoms with van der Waals surface area (Å²) in [5, 5.41) is 15.6. The van der Waals surface area contributed by atoms with Gasteiger partial charge in [-0.15, -0.1) is 5.10 Å². The third kappa shape index (κ3) is 2.38. The molecule has 118 valence electrons. The van der Waals surface area contributed by atoms with E-state index in [1.165, 1.54) is 0 Å². The molecule has 1 aliphatic carbocycles. The molecule has 1 saturated carbocycles. The summed E-state index contributed by atoms with van der Waals surface area (Å²) in [7, 11) is 0. The van der Waals surface area contributed by atoms with Gasteiger partial charge in [-0.2, -0.15) is 0 Å². The first kappa shape index (κ1) is 13.9. The maximum atomic E-state index is 13.0. The number of carbonyl (C=O) groups excluding carboxylic acids is 1. The molecule has 1 aliphatic rings. The predicted octanol–water partition coefficient (Wildman–Crippen LogP) is 2.45. The van der Waals surface area contributed by atoms with Crippen LogP contribution in [0.1, 0.15) is 32.1 Å². The van der Waals surface area contributed by atoms with Crippen molar-refractivity contribution in [3.8, 4) is 0 Å². The predicted molar refractivity (Wildman–Crippen MR) is 85.8 cm³/mol. The van der Waals surface area contributed by atoms with Crippen molar-refractivity contribution in [2.75, 3.05) is 5.32 Å². The molecule has 23 heavy (non-hydrogen) atoms. The third-order valence-electron chi connectivity index (χ3n) is 4.70. The molecule has 1 fully saturated rings. The van der Waals surface area contributed by atoms with E-state index in [0.717, 1.165) is 48.7 Å². The Morgan fingerprint density at radius 3 is 2.87 bits per heavy atom. The van der Waals surface area contributed by atoms with Crippen molar-refractivity contribution in [2.24, 2.45) is 0 Å². The summed E-state index contributed by atoms with van der Waals surface area (Å²) in [4.78, 5) is 16.2. The number of aromatic amines is 1. The Hall–Kier alpha value is -2.70. The van der Waals surface area contributed by atoms with Gasteiger partial charge in [0.25, 0.3) is 5.91 Å². The number of carbonyl (C=O) groups is 1. The average molecular weight is 310 g/mol. The topological polar surface area (TPSA) is 88.5 Å². The van der Waals surface area contributed by atoms with Crippen LogP contribution in [0.3, 0.4) is 0 Å². The van der Waals surface area contributed by atoms with E-state index in [2.05, 4.69) is 25.8 Å². The fourth-order valence-electron chi connectivity index (χ4n) is 3.43.